The van der Waals surface area contributed by atoms with Crippen LogP contribution in [0.25, 0.3) is 5.65 Å². The van der Waals surface area contributed by atoms with E-state index < -0.39 is 0 Å². The summed E-state index contributed by atoms with van der Waals surface area (Å²) in [7, 11) is 0. The van der Waals surface area contributed by atoms with Crippen LogP contribution < -0.4 is 11.1 Å². The normalized spacial score (nSPS) is 12.0. The minimum Gasteiger partial charge on any atom is -0.368 e. The van der Waals surface area contributed by atoms with E-state index in [1.54, 1.807) is 4.52 Å². The molecule has 0 amide bonds. The number of rotatable bonds is 5. The Labute approximate surface area is 107 Å². The maximum absolute atomic E-state index is 5.57. The third kappa shape index (κ3) is 2.79. The van der Waals surface area contributed by atoms with Crippen LogP contribution in [-0.2, 0) is 6.54 Å². The van der Waals surface area contributed by atoms with Crippen molar-refractivity contribution in [2.24, 2.45) is 11.1 Å². The van der Waals surface area contributed by atoms with Gasteiger partial charge < -0.3 is 11.1 Å². The molecule has 0 fully saturated rings. The molecule has 2 aromatic rings. The van der Waals surface area contributed by atoms with Crippen molar-refractivity contribution in [3.05, 3.63) is 24.0 Å². The number of nitrogens with two attached hydrogens (primary N) is 1. The number of hydrogen-bond donors (Lipinski definition) is 2. The van der Waals surface area contributed by atoms with Crippen molar-refractivity contribution in [2.45, 2.75) is 33.7 Å². The summed E-state index contributed by atoms with van der Waals surface area (Å²) < 4.78 is 1.77. The molecule has 0 unspecified atom stereocenters. The molecule has 0 saturated heterocycles. The summed E-state index contributed by atoms with van der Waals surface area (Å²) in [6.45, 7) is 8.02. The molecule has 0 saturated carbocycles. The lowest BCUT2D eigenvalue weighted by atomic mass is 9.90. The summed E-state index contributed by atoms with van der Waals surface area (Å²) in [6.07, 6.45) is 3.00. The van der Waals surface area contributed by atoms with Crippen LogP contribution in [0.15, 0.2) is 18.3 Å². The summed E-state index contributed by atoms with van der Waals surface area (Å²) in [5, 5.41) is 7.83. The van der Waals surface area contributed by atoms with Crippen LogP contribution in [0, 0.1) is 5.41 Å². The van der Waals surface area contributed by atoms with Gasteiger partial charge in [-0.1, -0.05) is 20.8 Å². The van der Waals surface area contributed by atoms with E-state index in [9.17, 15) is 0 Å². The zero-order valence-electron chi connectivity index (χ0n) is 11.3. The van der Waals surface area contributed by atoms with Gasteiger partial charge in [-0.25, -0.2) is 9.50 Å². The zero-order valence-corrected chi connectivity index (χ0v) is 11.3. The molecule has 0 atom stereocenters. The number of imidazole rings is 1. The highest BCUT2D eigenvalue weighted by molar-refractivity contribution is 5.45. The zero-order chi connectivity index (χ0) is 13.2. The Bertz CT molecular complexity index is 529. The Morgan fingerprint density at radius 2 is 2.17 bits per heavy atom. The summed E-state index contributed by atoms with van der Waals surface area (Å²) in [5.74, 6) is 0.866. The van der Waals surface area contributed by atoms with Crippen LogP contribution in [0.1, 0.15) is 32.9 Å². The first-order valence-electron chi connectivity index (χ1n) is 6.33. The highest BCUT2D eigenvalue weighted by atomic mass is 15.3. The lowest BCUT2D eigenvalue weighted by molar-refractivity contribution is 0.376. The maximum atomic E-state index is 5.57. The molecule has 18 heavy (non-hydrogen) atoms. The first-order valence-corrected chi connectivity index (χ1v) is 6.33. The van der Waals surface area contributed by atoms with Crippen molar-refractivity contribution in [2.75, 3.05) is 11.9 Å². The minimum atomic E-state index is 0.272. The van der Waals surface area contributed by atoms with Crippen molar-refractivity contribution in [3.63, 3.8) is 0 Å². The van der Waals surface area contributed by atoms with E-state index in [1.807, 2.05) is 18.3 Å². The molecule has 0 radical (unpaired) electrons. The summed E-state index contributed by atoms with van der Waals surface area (Å²) in [4.78, 5) is 4.35. The minimum absolute atomic E-state index is 0.272. The molecule has 2 aromatic heterocycles. The summed E-state index contributed by atoms with van der Waals surface area (Å²) in [5.41, 5.74) is 7.52. The molecule has 0 aliphatic rings. The quantitative estimate of drug-likeness (QED) is 0.848. The largest absolute Gasteiger partial charge is 0.368 e. The predicted molar refractivity (Wildman–Crippen MR) is 73.4 cm³/mol. The van der Waals surface area contributed by atoms with Gasteiger partial charge in [0.15, 0.2) is 5.65 Å². The molecule has 5 nitrogen and oxygen atoms in total. The average molecular weight is 247 g/mol. The molecule has 2 rings (SSSR count). The Balaban J connectivity index is 2.14. The standard InChI is InChI=1S/C13H21N5/c1-4-13(2,3)9-15-11-5-6-12-16-10(7-14)8-18(12)17-11/h5-6,8H,4,7,9,14H2,1-3H3,(H,15,17). The van der Waals surface area contributed by atoms with Gasteiger partial charge >= 0.3 is 0 Å². The van der Waals surface area contributed by atoms with Crippen molar-refractivity contribution in [1.29, 1.82) is 0 Å². The van der Waals surface area contributed by atoms with Gasteiger partial charge in [-0.05, 0) is 24.0 Å². The van der Waals surface area contributed by atoms with Gasteiger partial charge in [0.05, 0.1) is 11.9 Å². The number of hydrogen-bond acceptors (Lipinski definition) is 4. The predicted octanol–water partition coefficient (Wildman–Crippen LogP) is 2.04. The van der Waals surface area contributed by atoms with Gasteiger partial charge in [-0.2, -0.15) is 0 Å². The fourth-order valence-corrected chi connectivity index (χ4v) is 1.58. The molecule has 0 aliphatic heterocycles. The monoisotopic (exact) mass is 247 g/mol. The molecule has 98 valence electrons. The Morgan fingerprint density at radius 1 is 1.39 bits per heavy atom. The second-order valence-corrected chi connectivity index (χ2v) is 5.33. The van der Waals surface area contributed by atoms with E-state index in [4.69, 9.17) is 5.73 Å². The number of aromatic nitrogens is 3. The highest BCUT2D eigenvalue weighted by Gasteiger charge is 2.14. The Kier molecular flexibility index (Phi) is 3.52. The van der Waals surface area contributed by atoms with Crippen LogP contribution in [0.3, 0.4) is 0 Å². The Morgan fingerprint density at radius 3 is 2.83 bits per heavy atom. The van der Waals surface area contributed by atoms with Crippen molar-refractivity contribution in [3.8, 4) is 0 Å². The fourth-order valence-electron chi connectivity index (χ4n) is 1.58. The lowest BCUT2D eigenvalue weighted by Gasteiger charge is -2.23. The first kappa shape index (κ1) is 12.8. The van der Waals surface area contributed by atoms with Gasteiger partial charge in [0, 0.05) is 13.1 Å². The summed E-state index contributed by atoms with van der Waals surface area (Å²) in [6, 6.07) is 3.90. The van der Waals surface area contributed by atoms with Gasteiger partial charge in [0.25, 0.3) is 0 Å². The van der Waals surface area contributed by atoms with Gasteiger partial charge in [0.2, 0.25) is 0 Å². The van der Waals surface area contributed by atoms with Crippen LogP contribution >= 0.6 is 0 Å². The van der Waals surface area contributed by atoms with E-state index in [-0.39, 0.29) is 5.41 Å². The van der Waals surface area contributed by atoms with E-state index in [2.05, 4.69) is 36.2 Å². The maximum Gasteiger partial charge on any atom is 0.153 e. The van der Waals surface area contributed by atoms with Crippen LogP contribution in [0.4, 0.5) is 5.82 Å². The third-order valence-electron chi connectivity index (χ3n) is 3.28. The van der Waals surface area contributed by atoms with Crippen molar-refractivity contribution >= 4 is 11.5 Å². The van der Waals surface area contributed by atoms with Gasteiger partial charge in [0.1, 0.15) is 5.82 Å². The molecular formula is C13H21N5. The number of nitrogens with one attached hydrogen (secondary N) is 1. The SMILES string of the molecule is CCC(C)(C)CNc1ccc2nc(CN)cn2n1. The van der Waals surface area contributed by atoms with Crippen LogP contribution in [-0.4, -0.2) is 21.1 Å². The van der Waals surface area contributed by atoms with E-state index in [0.29, 0.717) is 6.54 Å². The molecule has 5 heteroatoms. The molecular weight excluding hydrogens is 226 g/mol. The molecule has 0 bridgehead atoms. The molecule has 0 aromatic carbocycles. The first-order chi connectivity index (χ1) is 8.54. The molecule has 2 heterocycles. The van der Waals surface area contributed by atoms with E-state index >= 15 is 0 Å². The van der Waals surface area contributed by atoms with Crippen LogP contribution in [0.5, 0.6) is 0 Å². The number of nitrogens with zero attached hydrogens (tertiary/aromatic N) is 3. The van der Waals surface area contributed by atoms with E-state index in [0.717, 1.165) is 30.1 Å². The molecule has 0 aliphatic carbocycles. The number of anilines is 1. The Hall–Kier alpha value is -1.62. The highest BCUT2D eigenvalue weighted by Crippen LogP contribution is 2.20. The van der Waals surface area contributed by atoms with Gasteiger partial charge in [-0.3, -0.25) is 0 Å². The average Bonchev–Trinajstić information content (AvgIpc) is 2.78. The third-order valence-corrected chi connectivity index (χ3v) is 3.28. The van der Waals surface area contributed by atoms with E-state index in [1.165, 1.54) is 0 Å². The second kappa shape index (κ2) is 4.94. The van der Waals surface area contributed by atoms with Crippen molar-refractivity contribution in [1.82, 2.24) is 14.6 Å². The second-order valence-electron chi connectivity index (χ2n) is 5.33. The molecule has 0 spiro atoms. The topological polar surface area (TPSA) is 68.2 Å². The molecule has 3 N–H and O–H groups in total. The number of fused-ring (bicyclic) bond motifs is 1. The van der Waals surface area contributed by atoms with Crippen molar-refractivity contribution < 1.29 is 0 Å². The summed E-state index contributed by atoms with van der Waals surface area (Å²) >= 11 is 0. The fraction of sp³-hybridized carbons (Fsp3) is 0.538. The van der Waals surface area contributed by atoms with Crippen LogP contribution in [0.2, 0.25) is 0 Å². The van der Waals surface area contributed by atoms with Gasteiger partial charge in [-0.15, -0.1) is 5.10 Å². The smallest absolute Gasteiger partial charge is 0.153 e. The lowest BCUT2D eigenvalue weighted by Crippen LogP contribution is -2.22.